The van der Waals surface area contributed by atoms with Gasteiger partial charge in [0.15, 0.2) is 0 Å². The number of aromatic nitrogens is 1. The van der Waals surface area contributed by atoms with E-state index in [-0.39, 0.29) is 0 Å². The van der Waals surface area contributed by atoms with E-state index in [2.05, 4.69) is 48.2 Å². The Hall–Kier alpha value is -1.93. The first-order valence-corrected chi connectivity index (χ1v) is 7.00. The third-order valence-electron chi connectivity index (χ3n) is 3.37. The molecule has 0 fully saturated rings. The third-order valence-corrected chi connectivity index (χ3v) is 3.37. The molecule has 20 heavy (non-hydrogen) atoms. The van der Waals surface area contributed by atoms with Crippen molar-refractivity contribution in [3.8, 4) is 0 Å². The minimum atomic E-state index is 0.896. The van der Waals surface area contributed by atoms with Gasteiger partial charge in [-0.2, -0.15) is 0 Å². The van der Waals surface area contributed by atoms with Gasteiger partial charge in [-0.15, -0.1) is 0 Å². The van der Waals surface area contributed by atoms with Crippen molar-refractivity contribution in [1.29, 1.82) is 0 Å². The fourth-order valence-corrected chi connectivity index (χ4v) is 2.33. The lowest BCUT2D eigenvalue weighted by Gasteiger charge is -2.27. The van der Waals surface area contributed by atoms with Crippen LogP contribution in [0.25, 0.3) is 5.57 Å². The average Bonchev–Trinajstić information content (AvgIpc) is 2.46. The molecule has 0 saturated heterocycles. The van der Waals surface area contributed by atoms with Crippen LogP contribution in [0.15, 0.2) is 61.4 Å². The van der Waals surface area contributed by atoms with Crippen LogP contribution in [0.1, 0.15) is 17.7 Å². The number of nitrogens with zero attached hydrogens (tertiary/aromatic N) is 2. The summed E-state index contributed by atoms with van der Waals surface area (Å²) in [4.78, 5) is 6.93. The van der Waals surface area contributed by atoms with E-state index in [1.807, 2.05) is 18.3 Å². The first-order chi connectivity index (χ1) is 9.69. The lowest BCUT2D eigenvalue weighted by atomic mass is 10.0. The van der Waals surface area contributed by atoms with Gasteiger partial charge in [-0.25, -0.2) is 0 Å². The first-order valence-electron chi connectivity index (χ1n) is 7.00. The monoisotopic (exact) mass is 266 g/mol. The van der Waals surface area contributed by atoms with Gasteiger partial charge >= 0.3 is 0 Å². The Morgan fingerprint density at radius 3 is 3.00 bits per heavy atom. The van der Waals surface area contributed by atoms with Crippen LogP contribution < -0.4 is 0 Å². The van der Waals surface area contributed by atoms with Gasteiger partial charge in [0, 0.05) is 25.8 Å². The van der Waals surface area contributed by atoms with Crippen LogP contribution in [0.2, 0.25) is 0 Å². The van der Waals surface area contributed by atoms with Crippen molar-refractivity contribution in [2.75, 3.05) is 19.6 Å². The van der Waals surface area contributed by atoms with Crippen molar-refractivity contribution in [3.05, 3.63) is 72.6 Å². The molecule has 104 valence electrons. The van der Waals surface area contributed by atoms with Gasteiger partial charge in [0.2, 0.25) is 0 Å². The van der Waals surface area contributed by atoms with Crippen molar-refractivity contribution in [2.45, 2.75) is 13.3 Å². The number of pyridine rings is 1. The predicted octanol–water partition coefficient (Wildman–Crippen LogP) is 3.78. The summed E-state index contributed by atoms with van der Waals surface area (Å²) in [5.74, 6) is 0. The Bertz CT molecular complexity index is 535. The fraction of sp³-hybridized carbons (Fsp3) is 0.278. The maximum atomic E-state index is 4.52. The number of aryl methyl sites for hydroxylation is 1. The molecule has 2 nitrogen and oxygen atoms in total. The zero-order valence-electron chi connectivity index (χ0n) is 12.2. The summed E-state index contributed by atoms with van der Waals surface area (Å²) in [6.45, 7) is 12.7. The molecule has 0 bridgehead atoms. The Morgan fingerprint density at radius 1 is 1.45 bits per heavy atom. The van der Waals surface area contributed by atoms with Gasteiger partial charge in [0.05, 0.1) is 5.69 Å². The predicted molar refractivity (Wildman–Crippen MR) is 86.5 cm³/mol. The number of hydrogen-bond donors (Lipinski definition) is 0. The zero-order chi connectivity index (χ0) is 14.4. The second kappa shape index (κ2) is 7.01. The minimum Gasteiger partial charge on any atom is -0.294 e. The standard InChI is InChI=1S/C18H22N2/c1-4-5-7-16(3)13-20-11-6-8-17(14-20)18-10-9-15(2)12-19-18/h4-5,7-10,12H,1,3,6,11,13-14H2,2H3/b7-5-. The highest BCUT2D eigenvalue weighted by atomic mass is 15.1. The van der Waals surface area contributed by atoms with E-state index in [1.165, 1.54) is 11.1 Å². The van der Waals surface area contributed by atoms with Crippen LogP contribution in [0.4, 0.5) is 0 Å². The molecule has 0 unspecified atom stereocenters. The summed E-state index contributed by atoms with van der Waals surface area (Å²) in [6, 6.07) is 4.23. The molecule has 0 amide bonds. The smallest absolute Gasteiger partial charge is 0.0671 e. The Balaban J connectivity index is 1.99. The Labute approximate surface area is 121 Å². The van der Waals surface area contributed by atoms with Crippen LogP contribution in [0, 0.1) is 6.92 Å². The van der Waals surface area contributed by atoms with Gasteiger partial charge in [-0.1, -0.05) is 43.5 Å². The van der Waals surface area contributed by atoms with Crippen molar-refractivity contribution >= 4 is 5.57 Å². The molecule has 0 radical (unpaired) electrons. The number of hydrogen-bond acceptors (Lipinski definition) is 2. The molecule has 0 N–H and O–H groups in total. The molecule has 0 spiro atoms. The van der Waals surface area contributed by atoms with Crippen LogP contribution >= 0.6 is 0 Å². The zero-order valence-corrected chi connectivity index (χ0v) is 12.2. The van der Waals surface area contributed by atoms with E-state index in [4.69, 9.17) is 0 Å². The van der Waals surface area contributed by atoms with Gasteiger partial charge < -0.3 is 0 Å². The molecular formula is C18H22N2. The Kier molecular flexibility index (Phi) is 5.08. The number of allylic oxidation sites excluding steroid dienone is 2. The summed E-state index contributed by atoms with van der Waals surface area (Å²) in [5.41, 5.74) is 4.72. The highest BCUT2D eigenvalue weighted by molar-refractivity contribution is 5.64. The molecule has 1 aliphatic rings. The molecule has 0 saturated carbocycles. The van der Waals surface area contributed by atoms with Crippen molar-refractivity contribution in [1.82, 2.24) is 9.88 Å². The van der Waals surface area contributed by atoms with E-state index in [9.17, 15) is 0 Å². The molecule has 2 heterocycles. The summed E-state index contributed by atoms with van der Waals surface area (Å²) < 4.78 is 0. The summed E-state index contributed by atoms with van der Waals surface area (Å²) in [7, 11) is 0. The van der Waals surface area contributed by atoms with E-state index in [0.29, 0.717) is 0 Å². The second-order valence-electron chi connectivity index (χ2n) is 5.20. The minimum absolute atomic E-state index is 0.896. The van der Waals surface area contributed by atoms with Gasteiger partial charge in [0.1, 0.15) is 0 Å². The molecule has 2 rings (SSSR count). The fourth-order valence-electron chi connectivity index (χ4n) is 2.33. The van der Waals surface area contributed by atoms with E-state index < -0.39 is 0 Å². The molecule has 0 aliphatic carbocycles. The maximum Gasteiger partial charge on any atom is 0.0671 e. The number of rotatable bonds is 5. The van der Waals surface area contributed by atoms with Crippen molar-refractivity contribution in [3.63, 3.8) is 0 Å². The second-order valence-corrected chi connectivity index (χ2v) is 5.20. The lowest BCUT2D eigenvalue weighted by molar-refractivity contribution is 0.332. The largest absolute Gasteiger partial charge is 0.294 e. The van der Waals surface area contributed by atoms with Gasteiger partial charge in [-0.3, -0.25) is 9.88 Å². The lowest BCUT2D eigenvalue weighted by Crippen LogP contribution is -2.31. The molecule has 0 atom stereocenters. The van der Waals surface area contributed by atoms with Crippen LogP contribution in [0.3, 0.4) is 0 Å². The SMILES string of the molecule is C=C/C=C\C(=C)CN1CCC=C(c2ccc(C)cn2)C1. The topological polar surface area (TPSA) is 16.1 Å². The van der Waals surface area contributed by atoms with Crippen LogP contribution in [-0.2, 0) is 0 Å². The van der Waals surface area contributed by atoms with Crippen LogP contribution in [0.5, 0.6) is 0 Å². The van der Waals surface area contributed by atoms with E-state index in [1.54, 1.807) is 6.08 Å². The third kappa shape index (κ3) is 4.04. The molecule has 1 aromatic heterocycles. The first kappa shape index (κ1) is 14.5. The molecule has 0 aromatic carbocycles. The molecule has 2 heteroatoms. The Morgan fingerprint density at radius 2 is 2.30 bits per heavy atom. The molecular weight excluding hydrogens is 244 g/mol. The summed E-state index contributed by atoms with van der Waals surface area (Å²) in [6.07, 6.45) is 11.0. The summed E-state index contributed by atoms with van der Waals surface area (Å²) in [5, 5.41) is 0. The normalized spacial score (nSPS) is 16.1. The highest BCUT2D eigenvalue weighted by Crippen LogP contribution is 2.19. The van der Waals surface area contributed by atoms with Gasteiger partial charge in [0.25, 0.3) is 0 Å². The molecule has 1 aromatic rings. The quantitative estimate of drug-likeness (QED) is 0.754. The van der Waals surface area contributed by atoms with Gasteiger partial charge in [-0.05, 0) is 36.1 Å². The van der Waals surface area contributed by atoms with E-state index >= 15 is 0 Å². The van der Waals surface area contributed by atoms with E-state index in [0.717, 1.165) is 37.3 Å². The average molecular weight is 266 g/mol. The van der Waals surface area contributed by atoms with Crippen molar-refractivity contribution < 1.29 is 0 Å². The highest BCUT2D eigenvalue weighted by Gasteiger charge is 2.14. The van der Waals surface area contributed by atoms with Crippen molar-refractivity contribution in [2.24, 2.45) is 0 Å². The maximum absolute atomic E-state index is 4.52. The molecule has 1 aliphatic heterocycles. The van der Waals surface area contributed by atoms with Crippen LogP contribution in [-0.4, -0.2) is 29.5 Å². The summed E-state index contributed by atoms with van der Waals surface area (Å²) >= 11 is 0.